The molecular weight excluding hydrogens is 380 g/mol. The minimum atomic E-state index is -0.482. The van der Waals surface area contributed by atoms with E-state index in [1.807, 2.05) is 54.6 Å². The van der Waals surface area contributed by atoms with Crippen LogP contribution >= 0.6 is 0 Å². The summed E-state index contributed by atoms with van der Waals surface area (Å²) >= 11 is 0. The first-order valence-corrected chi connectivity index (χ1v) is 9.15. The van der Waals surface area contributed by atoms with Gasteiger partial charge in [-0.1, -0.05) is 60.7 Å². The van der Waals surface area contributed by atoms with Crippen molar-refractivity contribution in [3.63, 3.8) is 0 Å². The Morgan fingerprint density at radius 1 is 0.967 bits per heavy atom. The first-order valence-electron chi connectivity index (χ1n) is 9.15. The summed E-state index contributed by atoms with van der Waals surface area (Å²) in [6.45, 7) is 0. The Hall–Kier alpha value is -4.39. The summed E-state index contributed by atoms with van der Waals surface area (Å²) < 4.78 is 0. The second-order valence-electron chi connectivity index (χ2n) is 6.49. The van der Waals surface area contributed by atoms with Crippen molar-refractivity contribution >= 4 is 28.7 Å². The number of hydrogen-bond donors (Lipinski definition) is 1. The van der Waals surface area contributed by atoms with E-state index in [4.69, 9.17) is 0 Å². The zero-order valence-corrected chi connectivity index (χ0v) is 15.7. The molecule has 0 saturated carbocycles. The molecule has 1 aromatic heterocycles. The van der Waals surface area contributed by atoms with E-state index in [0.29, 0.717) is 27.7 Å². The Morgan fingerprint density at radius 3 is 2.53 bits per heavy atom. The van der Waals surface area contributed by atoms with Gasteiger partial charge in [0, 0.05) is 28.6 Å². The van der Waals surface area contributed by atoms with Gasteiger partial charge in [0.15, 0.2) is 0 Å². The number of carbonyl (C=O) groups excluding carboxylic acids is 1. The number of amides is 1. The maximum Gasteiger partial charge on any atom is 0.272 e. The number of aromatic nitrogens is 1. The predicted molar refractivity (Wildman–Crippen MR) is 115 cm³/mol. The van der Waals surface area contributed by atoms with E-state index in [9.17, 15) is 14.9 Å². The van der Waals surface area contributed by atoms with Gasteiger partial charge in [0.2, 0.25) is 0 Å². The predicted octanol–water partition coefficient (Wildman–Crippen LogP) is 4.57. The first kappa shape index (κ1) is 18.9. The monoisotopic (exact) mass is 396 g/mol. The van der Waals surface area contributed by atoms with Crippen molar-refractivity contribution < 1.29 is 9.72 Å². The van der Waals surface area contributed by atoms with E-state index in [1.54, 1.807) is 18.2 Å². The molecule has 0 radical (unpaired) electrons. The van der Waals surface area contributed by atoms with Gasteiger partial charge in [-0.3, -0.25) is 14.9 Å². The van der Waals surface area contributed by atoms with Crippen LogP contribution in [0.1, 0.15) is 15.9 Å². The van der Waals surface area contributed by atoms with Crippen LogP contribution in [0.2, 0.25) is 0 Å². The normalized spacial score (nSPS) is 10.9. The molecule has 0 spiro atoms. The summed E-state index contributed by atoms with van der Waals surface area (Å²) in [5.41, 5.74) is 5.69. The van der Waals surface area contributed by atoms with Crippen molar-refractivity contribution in [3.05, 3.63) is 106 Å². The zero-order chi connectivity index (χ0) is 20.9. The van der Waals surface area contributed by atoms with Crippen LogP contribution in [0.5, 0.6) is 0 Å². The van der Waals surface area contributed by atoms with Gasteiger partial charge in [-0.05, 0) is 12.1 Å². The molecule has 0 saturated heterocycles. The SMILES string of the molecule is O=C(NN=Cc1cccc([N+](=O)[O-])c1)c1cc(-c2ccccc2)nc2ccccc12. The molecule has 0 atom stereocenters. The number of para-hydroxylation sites is 1. The van der Waals surface area contributed by atoms with Crippen molar-refractivity contribution in [2.75, 3.05) is 0 Å². The van der Waals surface area contributed by atoms with Gasteiger partial charge >= 0.3 is 0 Å². The van der Waals surface area contributed by atoms with Crippen LogP contribution in [0.3, 0.4) is 0 Å². The molecule has 1 N–H and O–H groups in total. The molecule has 0 unspecified atom stereocenters. The molecule has 0 aliphatic heterocycles. The molecule has 7 nitrogen and oxygen atoms in total. The quantitative estimate of drug-likeness (QED) is 0.303. The number of nitro benzene ring substituents is 1. The average Bonchev–Trinajstić information content (AvgIpc) is 2.79. The summed E-state index contributed by atoms with van der Waals surface area (Å²) in [6.07, 6.45) is 1.37. The molecule has 0 bridgehead atoms. The second-order valence-corrected chi connectivity index (χ2v) is 6.49. The Labute approximate surface area is 171 Å². The van der Waals surface area contributed by atoms with Crippen LogP contribution < -0.4 is 5.43 Å². The van der Waals surface area contributed by atoms with Crippen LogP contribution in [-0.2, 0) is 0 Å². The molecule has 7 heteroatoms. The highest BCUT2D eigenvalue weighted by Gasteiger charge is 2.13. The van der Waals surface area contributed by atoms with E-state index in [2.05, 4.69) is 15.5 Å². The molecular formula is C23H16N4O3. The standard InChI is InChI=1S/C23H16N4O3/c28-23(26-24-15-16-7-6-10-18(13-16)27(29)30)20-14-22(17-8-2-1-3-9-17)25-21-12-5-4-11-19(20)21/h1-15H,(H,26,28). The van der Waals surface area contributed by atoms with Gasteiger partial charge in [0.25, 0.3) is 11.6 Å². The molecule has 3 aromatic carbocycles. The maximum absolute atomic E-state index is 12.8. The summed E-state index contributed by atoms with van der Waals surface area (Å²) in [6, 6.07) is 24.7. The molecule has 0 fully saturated rings. The Bertz CT molecular complexity index is 1270. The lowest BCUT2D eigenvalue weighted by atomic mass is 10.0. The van der Waals surface area contributed by atoms with Crippen LogP contribution in [-0.4, -0.2) is 22.0 Å². The van der Waals surface area contributed by atoms with Crippen molar-refractivity contribution in [3.8, 4) is 11.3 Å². The highest BCUT2D eigenvalue weighted by molar-refractivity contribution is 6.07. The Morgan fingerprint density at radius 2 is 1.73 bits per heavy atom. The van der Waals surface area contributed by atoms with E-state index in [0.717, 1.165) is 5.56 Å². The molecule has 4 rings (SSSR count). The fourth-order valence-corrected chi connectivity index (χ4v) is 3.06. The molecule has 4 aromatic rings. The summed E-state index contributed by atoms with van der Waals surface area (Å²) in [5.74, 6) is -0.396. The highest BCUT2D eigenvalue weighted by Crippen LogP contribution is 2.24. The number of carbonyl (C=O) groups is 1. The number of hydrazone groups is 1. The largest absolute Gasteiger partial charge is 0.272 e. The number of nitrogens with one attached hydrogen (secondary N) is 1. The second kappa shape index (κ2) is 8.32. The number of hydrogen-bond acceptors (Lipinski definition) is 5. The minimum Gasteiger partial charge on any atom is -0.267 e. The number of fused-ring (bicyclic) bond motifs is 1. The Kier molecular flexibility index (Phi) is 5.25. The van der Waals surface area contributed by atoms with Crippen molar-refractivity contribution in [1.82, 2.24) is 10.4 Å². The fraction of sp³-hybridized carbons (Fsp3) is 0. The number of benzene rings is 3. The van der Waals surface area contributed by atoms with Gasteiger partial charge in [0.1, 0.15) is 0 Å². The van der Waals surface area contributed by atoms with E-state index < -0.39 is 10.8 Å². The lowest BCUT2D eigenvalue weighted by molar-refractivity contribution is -0.384. The van der Waals surface area contributed by atoms with Gasteiger partial charge in [-0.2, -0.15) is 5.10 Å². The summed E-state index contributed by atoms with van der Waals surface area (Å²) in [7, 11) is 0. The molecule has 0 aliphatic carbocycles. The Balaban J connectivity index is 1.64. The molecule has 30 heavy (non-hydrogen) atoms. The van der Waals surface area contributed by atoms with Crippen LogP contribution in [0.15, 0.2) is 90.0 Å². The van der Waals surface area contributed by atoms with Gasteiger partial charge in [-0.15, -0.1) is 0 Å². The number of rotatable bonds is 5. The van der Waals surface area contributed by atoms with Gasteiger partial charge in [0.05, 0.1) is 27.9 Å². The van der Waals surface area contributed by atoms with Gasteiger partial charge < -0.3 is 0 Å². The smallest absolute Gasteiger partial charge is 0.267 e. The molecule has 1 amide bonds. The van der Waals surface area contributed by atoms with Crippen molar-refractivity contribution in [2.45, 2.75) is 0 Å². The number of non-ortho nitro benzene ring substituents is 1. The topological polar surface area (TPSA) is 97.5 Å². The first-order chi connectivity index (χ1) is 14.6. The van der Waals surface area contributed by atoms with Gasteiger partial charge in [-0.25, -0.2) is 10.4 Å². The third-order valence-electron chi connectivity index (χ3n) is 4.49. The molecule has 146 valence electrons. The lowest BCUT2D eigenvalue weighted by Crippen LogP contribution is -2.18. The van der Waals surface area contributed by atoms with Crippen molar-refractivity contribution in [1.29, 1.82) is 0 Å². The molecule has 1 heterocycles. The molecule has 0 aliphatic rings. The lowest BCUT2D eigenvalue weighted by Gasteiger charge is -2.09. The van der Waals surface area contributed by atoms with Crippen molar-refractivity contribution in [2.24, 2.45) is 5.10 Å². The van der Waals surface area contributed by atoms with Crippen LogP contribution in [0, 0.1) is 10.1 Å². The zero-order valence-electron chi connectivity index (χ0n) is 15.7. The highest BCUT2D eigenvalue weighted by atomic mass is 16.6. The fourth-order valence-electron chi connectivity index (χ4n) is 3.06. The van der Waals surface area contributed by atoms with E-state index in [-0.39, 0.29) is 5.69 Å². The number of nitrogens with zero attached hydrogens (tertiary/aromatic N) is 3. The average molecular weight is 396 g/mol. The number of pyridine rings is 1. The number of nitro groups is 1. The maximum atomic E-state index is 12.8. The third kappa shape index (κ3) is 4.05. The summed E-state index contributed by atoms with van der Waals surface area (Å²) in [5, 5.41) is 15.5. The third-order valence-corrected chi connectivity index (χ3v) is 4.49. The van der Waals surface area contributed by atoms with E-state index in [1.165, 1.54) is 18.3 Å². The van der Waals surface area contributed by atoms with E-state index >= 15 is 0 Å². The van der Waals surface area contributed by atoms with Crippen LogP contribution in [0.25, 0.3) is 22.2 Å². The van der Waals surface area contributed by atoms with Crippen LogP contribution in [0.4, 0.5) is 5.69 Å². The minimum absolute atomic E-state index is 0.0436. The summed E-state index contributed by atoms with van der Waals surface area (Å²) in [4.78, 5) is 27.9.